The summed E-state index contributed by atoms with van der Waals surface area (Å²) in [7, 11) is 0. The van der Waals surface area contributed by atoms with E-state index in [1.165, 1.54) is 11.1 Å². The van der Waals surface area contributed by atoms with Crippen LogP contribution >= 0.6 is 0 Å². The van der Waals surface area contributed by atoms with Gasteiger partial charge < -0.3 is 10.8 Å². The van der Waals surface area contributed by atoms with Crippen molar-refractivity contribution in [3.63, 3.8) is 0 Å². The zero-order valence-electron chi connectivity index (χ0n) is 13.3. The maximum Gasteiger partial charge on any atom is 0.0711 e. The summed E-state index contributed by atoms with van der Waals surface area (Å²) in [4.78, 5) is 10.7. The molecular formula is C18H24N4O. The van der Waals surface area contributed by atoms with Crippen molar-refractivity contribution in [1.29, 1.82) is 0 Å². The van der Waals surface area contributed by atoms with E-state index >= 15 is 0 Å². The van der Waals surface area contributed by atoms with Crippen LogP contribution in [0.5, 0.6) is 0 Å². The van der Waals surface area contributed by atoms with Crippen molar-refractivity contribution in [2.24, 2.45) is 11.7 Å². The minimum atomic E-state index is -0.298. The topological polar surface area (TPSA) is 75.3 Å². The van der Waals surface area contributed by atoms with Gasteiger partial charge in [0.05, 0.1) is 11.8 Å². The van der Waals surface area contributed by atoms with Crippen LogP contribution in [0, 0.1) is 5.92 Å². The van der Waals surface area contributed by atoms with Gasteiger partial charge in [0.1, 0.15) is 0 Å². The fourth-order valence-corrected chi connectivity index (χ4v) is 3.21. The summed E-state index contributed by atoms with van der Waals surface area (Å²) in [5.74, 6) is 0.225. The molecule has 1 aromatic heterocycles. The van der Waals surface area contributed by atoms with Gasteiger partial charge in [-0.1, -0.05) is 24.3 Å². The van der Waals surface area contributed by atoms with Crippen LogP contribution in [0.2, 0.25) is 0 Å². The van der Waals surface area contributed by atoms with Gasteiger partial charge in [-0.3, -0.25) is 14.9 Å². The molecule has 1 fully saturated rings. The molecule has 0 bridgehead atoms. The monoisotopic (exact) mass is 312 g/mol. The Morgan fingerprint density at radius 2 is 1.91 bits per heavy atom. The van der Waals surface area contributed by atoms with Crippen molar-refractivity contribution in [3.8, 4) is 0 Å². The van der Waals surface area contributed by atoms with Gasteiger partial charge in [0.15, 0.2) is 0 Å². The first kappa shape index (κ1) is 16.1. The van der Waals surface area contributed by atoms with Crippen LogP contribution in [-0.2, 0) is 19.4 Å². The summed E-state index contributed by atoms with van der Waals surface area (Å²) in [6.45, 7) is 3.16. The van der Waals surface area contributed by atoms with Gasteiger partial charge in [-0.15, -0.1) is 0 Å². The fraction of sp³-hybridized carbons (Fsp3) is 0.444. The summed E-state index contributed by atoms with van der Waals surface area (Å²) < 4.78 is 0. The molecule has 2 aromatic rings. The van der Waals surface area contributed by atoms with Gasteiger partial charge in [-0.05, 0) is 30.5 Å². The molecular weight excluding hydrogens is 288 g/mol. The van der Waals surface area contributed by atoms with Crippen molar-refractivity contribution < 1.29 is 5.11 Å². The number of nitrogens with zero attached hydrogens (tertiary/aromatic N) is 3. The van der Waals surface area contributed by atoms with E-state index in [1.807, 2.05) is 0 Å². The SMILES string of the molecule is NCCc1ccc(CN2C[C@@H](Cc3cnccn3)[C@H](O)C2)cc1. The van der Waals surface area contributed by atoms with E-state index in [1.54, 1.807) is 18.6 Å². The average Bonchev–Trinajstić information content (AvgIpc) is 2.90. The summed E-state index contributed by atoms with van der Waals surface area (Å²) in [6, 6.07) is 8.61. The second kappa shape index (κ2) is 7.64. The molecule has 1 aliphatic heterocycles. The highest BCUT2D eigenvalue weighted by Gasteiger charge is 2.31. The maximum atomic E-state index is 10.3. The first-order valence-corrected chi connectivity index (χ1v) is 8.18. The van der Waals surface area contributed by atoms with E-state index in [4.69, 9.17) is 5.73 Å². The summed E-state index contributed by atoms with van der Waals surface area (Å²) in [6.07, 6.45) is 6.57. The molecule has 23 heavy (non-hydrogen) atoms. The van der Waals surface area contributed by atoms with E-state index in [-0.39, 0.29) is 12.0 Å². The number of benzene rings is 1. The zero-order valence-corrected chi connectivity index (χ0v) is 13.3. The Labute approximate surface area is 137 Å². The third kappa shape index (κ3) is 4.34. The van der Waals surface area contributed by atoms with Crippen LogP contribution in [0.1, 0.15) is 16.8 Å². The van der Waals surface area contributed by atoms with E-state index in [0.29, 0.717) is 6.54 Å². The lowest BCUT2D eigenvalue weighted by Crippen LogP contribution is -2.21. The summed E-state index contributed by atoms with van der Waals surface area (Å²) >= 11 is 0. The molecule has 5 nitrogen and oxygen atoms in total. The highest BCUT2D eigenvalue weighted by atomic mass is 16.3. The molecule has 0 spiro atoms. The highest BCUT2D eigenvalue weighted by molar-refractivity contribution is 5.23. The van der Waals surface area contributed by atoms with Crippen LogP contribution in [-0.4, -0.2) is 45.7 Å². The number of hydrogen-bond donors (Lipinski definition) is 2. The Morgan fingerprint density at radius 3 is 2.61 bits per heavy atom. The smallest absolute Gasteiger partial charge is 0.0711 e. The molecule has 2 atom stereocenters. The molecule has 2 heterocycles. The third-order valence-electron chi connectivity index (χ3n) is 4.43. The van der Waals surface area contributed by atoms with Gasteiger partial charge in [-0.2, -0.15) is 0 Å². The Kier molecular flexibility index (Phi) is 5.33. The van der Waals surface area contributed by atoms with Crippen molar-refractivity contribution in [3.05, 3.63) is 59.7 Å². The van der Waals surface area contributed by atoms with Gasteiger partial charge in [-0.25, -0.2) is 0 Å². The molecule has 0 unspecified atom stereocenters. The van der Waals surface area contributed by atoms with Crippen molar-refractivity contribution >= 4 is 0 Å². The lowest BCUT2D eigenvalue weighted by atomic mass is 10.0. The van der Waals surface area contributed by atoms with Gasteiger partial charge in [0.25, 0.3) is 0 Å². The van der Waals surface area contributed by atoms with Crippen LogP contribution in [0.15, 0.2) is 42.9 Å². The Morgan fingerprint density at radius 1 is 1.13 bits per heavy atom. The molecule has 3 rings (SSSR count). The number of aromatic nitrogens is 2. The highest BCUT2D eigenvalue weighted by Crippen LogP contribution is 2.22. The standard InChI is InChI=1S/C18H24N4O/c19-6-5-14-1-3-15(4-2-14)11-22-12-16(18(23)13-22)9-17-10-20-7-8-21-17/h1-4,7-8,10,16,18,23H,5-6,9,11-13,19H2/t16-,18-/m1/s1. The zero-order chi connectivity index (χ0) is 16.1. The minimum absolute atomic E-state index is 0.225. The molecule has 1 aromatic carbocycles. The first-order valence-electron chi connectivity index (χ1n) is 8.18. The number of rotatable bonds is 6. The quantitative estimate of drug-likeness (QED) is 0.833. The van der Waals surface area contributed by atoms with E-state index in [9.17, 15) is 5.11 Å². The summed E-state index contributed by atoms with van der Waals surface area (Å²) in [5.41, 5.74) is 9.08. The number of nitrogens with two attached hydrogens (primary N) is 1. The average molecular weight is 312 g/mol. The Bertz CT molecular complexity index is 602. The second-order valence-corrected chi connectivity index (χ2v) is 6.28. The normalized spacial score (nSPS) is 21.7. The molecule has 0 saturated carbocycles. The second-order valence-electron chi connectivity index (χ2n) is 6.28. The van der Waals surface area contributed by atoms with Crippen molar-refractivity contribution in [1.82, 2.24) is 14.9 Å². The van der Waals surface area contributed by atoms with Crippen LogP contribution in [0.3, 0.4) is 0 Å². The van der Waals surface area contributed by atoms with Crippen LogP contribution in [0.25, 0.3) is 0 Å². The number of likely N-dealkylation sites (tertiary alicyclic amines) is 1. The van der Waals surface area contributed by atoms with Crippen LogP contribution < -0.4 is 5.73 Å². The largest absolute Gasteiger partial charge is 0.391 e. The predicted molar refractivity (Wildman–Crippen MR) is 89.7 cm³/mol. The molecule has 3 N–H and O–H groups in total. The van der Waals surface area contributed by atoms with Crippen LogP contribution in [0.4, 0.5) is 0 Å². The Balaban J connectivity index is 1.55. The number of aliphatic hydroxyl groups is 1. The maximum absolute atomic E-state index is 10.3. The number of β-amino-alcohol motifs (C(OH)–C–C–N with tert-alkyl or cyclic N) is 1. The fourth-order valence-electron chi connectivity index (χ4n) is 3.21. The predicted octanol–water partition coefficient (Wildman–Crippen LogP) is 1.01. The van der Waals surface area contributed by atoms with Crippen molar-refractivity contribution in [2.45, 2.75) is 25.5 Å². The number of aliphatic hydroxyl groups excluding tert-OH is 1. The molecule has 1 saturated heterocycles. The summed E-state index contributed by atoms with van der Waals surface area (Å²) in [5, 5.41) is 10.3. The molecule has 5 heteroatoms. The van der Waals surface area contributed by atoms with Gasteiger partial charge in [0.2, 0.25) is 0 Å². The molecule has 0 radical (unpaired) electrons. The van der Waals surface area contributed by atoms with Gasteiger partial charge >= 0.3 is 0 Å². The molecule has 122 valence electrons. The first-order chi connectivity index (χ1) is 11.2. The van der Waals surface area contributed by atoms with Gasteiger partial charge in [0, 0.05) is 44.1 Å². The third-order valence-corrected chi connectivity index (χ3v) is 4.43. The lowest BCUT2D eigenvalue weighted by molar-refractivity contribution is 0.140. The minimum Gasteiger partial charge on any atom is -0.391 e. The lowest BCUT2D eigenvalue weighted by Gasteiger charge is -2.16. The molecule has 0 aliphatic carbocycles. The van der Waals surface area contributed by atoms with E-state index in [0.717, 1.165) is 38.2 Å². The van der Waals surface area contributed by atoms with E-state index < -0.39 is 0 Å². The van der Waals surface area contributed by atoms with Crippen molar-refractivity contribution in [2.75, 3.05) is 19.6 Å². The van der Waals surface area contributed by atoms with E-state index in [2.05, 4.69) is 39.1 Å². The molecule has 1 aliphatic rings. The number of hydrogen-bond acceptors (Lipinski definition) is 5. The Hall–Kier alpha value is -1.82. The molecule has 0 amide bonds.